The van der Waals surface area contributed by atoms with Crippen molar-refractivity contribution in [2.45, 2.75) is 85.2 Å². The van der Waals surface area contributed by atoms with Crippen molar-refractivity contribution in [3.63, 3.8) is 0 Å². The van der Waals surface area contributed by atoms with Crippen molar-refractivity contribution < 1.29 is 27.9 Å². The number of hydrogen-bond acceptors (Lipinski definition) is 7. The van der Waals surface area contributed by atoms with E-state index in [-0.39, 0.29) is 38.4 Å². The Morgan fingerprint density at radius 2 is 1.89 bits per heavy atom. The predicted molar refractivity (Wildman–Crippen MR) is 141 cm³/mol. The molecule has 8 nitrogen and oxygen atoms in total. The molecule has 3 rings (SSSR count). The molecule has 1 saturated heterocycles. The molecule has 210 valence electrons. The quantitative estimate of drug-likeness (QED) is 0.434. The van der Waals surface area contributed by atoms with Crippen LogP contribution in [-0.2, 0) is 6.18 Å². The van der Waals surface area contributed by atoms with Crippen LogP contribution in [0.2, 0.25) is 0 Å². The normalized spacial score (nSPS) is 17.4. The number of nitrogens with zero attached hydrogens (tertiary/aromatic N) is 3. The van der Waals surface area contributed by atoms with Crippen LogP contribution in [0, 0.1) is 5.41 Å². The summed E-state index contributed by atoms with van der Waals surface area (Å²) in [6, 6.07) is 0.137. The van der Waals surface area contributed by atoms with Crippen molar-refractivity contribution in [3.05, 3.63) is 28.5 Å². The van der Waals surface area contributed by atoms with Crippen LogP contribution in [0.15, 0.2) is 12.3 Å². The van der Waals surface area contributed by atoms with Gasteiger partial charge in [-0.2, -0.15) is 13.2 Å². The minimum Gasteiger partial charge on any atom is -0.388 e. The minimum atomic E-state index is -4.75. The number of aliphatic hydroxyl groups is 1. The maximum atomic E-state index is 14.3. The molecule has 0 saturated carbocycles. The summed E-state index contributed by atoms with van der Waals surface area (Å²) in [6.45, 7) is 13.2. The first-order chi connectivity index (χ1) is 17.4. The number of aromatic nitrogens is 2. The molecule has 2 atom stereocenters. The first kappa shape index (κ1) is 29.8. The van der Waals surface area contributed by atoms with Gasteiger partial charge in [0.05, 0.1) is 22.1 Å². The van der Waals surface area contributed by atoms with Gasteiger partial charge in [-0.3, -0.25) is 9.59 Å². The van der Waals surface area contributed by atoms with Crippen molar-refractivity contribution >= 4 is 29.0 Å². The number of carbonyl (C=O) groups is 2. The molecule has 1 aliphatic heterocycles. The summed E-state index contributed by atoms with van der Waals surface area (Å²) in [5.41, 5.74) is -2.95. The monoisotopic (exact) mass is 555 g/mol. The Balaban J connectivity index is 2.12. The Morgan fingerprint density at radius 3 is 2.42 bits per heavy atom. The van der Waals surface area contributed by atoms with E-state index in [2.05, 4.69) is 20.6 Å². The fourth-order valence-corrected chi connectivity index (χ4v) is 4.86. The van der Waals surface area contributed by atoms with Crippen LogP contribution < -0.4 is 10.6 Å². The Kier molecular flexibility index (Phi) is 8.47. The van der Waals surface area contributed by atoms with E-state index in [4.69, 9.17) is 0 Å². The van der Waals surface area contributed by atoms with Gasteiger partial charge in [0.25, 0.3) is 11.8 Å². The summed E-state index contributed by atoms with van der Waals surface area (Å²) in [5, 5.41) is 15.6. The number of likely N-dealkylation sites (tertiary alicyclic amines) is 1. The molecule has 3 N–H and O–H groups in total. The molecule has 0 bridgehead atoms. The van der Waals surface area contributed by atoms with Crippen molar-refractivity contribution in [1.29, 1.82) is 0 Å². The number of thiazole rings is 1. The van der Waals surface area contributed by atoms with E-state index in [1.165, 1.54) is 13.8 Å². The molecule has 38 heavy (non-hydrogen) atoms. The standard InChI is InChI=1S/C26H36F3N5O3S/c1-14-9-8-10-34(14)23(36)19-20(38-22(33-19)21(35)32-15(2)25(6,7)37)16-12-30-18(31-13-24(3,4)5)11-17(16)26(27,28)29/h11-12,14-15,37H,8-10,13H2,1-7H3,(H,30,31)(H,32,35)/t14-,15+/m0/s1. The first-order valence-electron chi connectivity index (χ1n) is 12.5. The lowest BCUT2D eigenvalue weighted by Crippen LogP contribution is -2.47. The molecule has 2 amide bonds. The van der Waals surface area contributed by atoms with Gasteiger partial charge in [-0.15, -0.1) is 11.3 Å². The topological polar surface area (TPSA) is 107 Å². The number of pyridine rings is 1. The number of carbonyl (C=O) groups excluding carboxylic acids is 2. The van der Waals surface area contributed by atoms with Gasteiger partial charge in [-0.05, 0) is 52.0 Å². The number of rotatable bonds is 7. The Labute approximate surface area is 225 Å². The number of halogens is 3. The van der Waals surface area contributed by atoms with Gasteiger partial charge in [0.15, 0.2) is 5.01 Å². The summed E-state index contributed by atoms with van der Waals surface area (Å²) < 4.78 is 42.8. The van der Waals surface area contributed by atoms with Gasteiger partial charge in [0, 0.05) is 30.9 Å². The first-order valence-corrected chi connectivity index (χ1v) is 13.4. The SMILES string of the molecule is C[C@H]1CCCN1C(=O)c1nc(C(=O)N[C@H](C)C(C)(C)O)sc1-c1cnc(NCC(C)(C)C)cc1C(F)(F)F. The molecule has 3 heterocycles. The summed E-state index contributed by atoms with van der Waals surface area (Å²) in [6.07, 6.45) is -2.14. The molecule has 2 aromatic rings. The number of amides is 2. The molecule has 12 heteroatoms. The highest BCUT2D eigenvalue weighted by atomic mass is 32.1. The maximum Gasteiger partial charge on any atom is 0.417 e. The summed E-state index contributed by atoms with van der Waals surface area (Å²) in [5.74, 6) is -1.17. The lowest BCUT2D eigenvalue weighted by atomic mass is 9.97. The number of anilines is 1. The third kappa shape index (κ3) is 7.02. The molecule has 1 aliphatic rings. The summed E-state index contributed by atoms with van der Waals surface area (Å²) in [4.78, 5) is 36.4. The molecular formula is C26H36F3N5O3S. The van der Waals surface area contributed by atoms with E-state index in [1.54, 1.807) is 11.8 Å². The molecule has 0 spiro atoms. The van der Waals surface area contributed by atoms with Crippen LogP contribution in [0.4, 0.5) is 19.0 Å². The van der Waals surface area contributed by atoms with Crippen LogP contribution in [-0.4, -0.2) is 62.6 Å². The van der Waals surface area contributed by atoms with Crippen molar-refractivity contribution in [2.24, 2.45) is 5.41 Å². The zero-order chi connectivity index (χ0) is 28.6. The number of alkyl halides is 3. The fourth-order valence-electron chi connectivity index (χ4n) is 3.87. The zero-order valence-corrected chi connectivity index (χ0v) is 23.6. The highest BCUT2D eigenvalue weighted by molar-refractivity contribution is 7.17. The van der Waals surface area contributed by atoms with E-state index in [9.17, 15) is 27.9 Å². The third-order valence-electron chi connectivity index (χ3n) is 6.50. The zero-order valence-electron chi connectivity index (χ0n) is 22.8. The predicted octanol–water partition coefficient (Wildman–Crippen LogP) is 5.20. The second-order valence-corrected chi connectivity index (χ2v) is 12.6. The maximum absolute atomic E-state index is 14.3. The molecule has 0 unspecified atom stereocenters. The summed E-state index contributed by atoms with van der Waals surface area (Å²) in [7, 11) is 0. The number of hydrogen-bond donors (Lipinski definition) is 3. The lowest BCUT2D eigenvalue weighted by Gasteiger charge is -2.26. The Morgan fingerprint density at radius 1 is 1.24 bits per heavy atom. The molecular weight excluding hydrogens is 519 g/mol. The van der Waals surface area contributed by atoms with Crippen molar-refractivity contribution in [3.8, 4) is 10.4 Å². The van der Waals surface area contributed by atoms with Gasteiger partial charge in [-0.25, -0.2) is 9.97 Å². The molecule has 1 fully saturated rings. The Bertz CT molecular complexity index is 1180. The van der Waals surface area contributed by atoms with E-state index in [0.29, 0.717) is 24.4 Å². The molecule has 0 aliphatic carbocycles. The van der Waals surface area contributed by atoms with Gasteiger partial charge in [0.1, 0.15) is 11.5 Å². The third-order valence-corrected chi connectivity index (χ3v) is 7.59. The van der Waals surface area contributed by atoms with E-state index in [0.717, 1.165) is 25.1 Å². The van der Waals surface area contributed by atoms with Gasteiger partial charge in [-0.1, -0.05) is 20.8 Å². The average molecular weight is 556 g/mol. The van der Waals surface area contributed by atoms with Gasteiger partial charge < -0.3 is 20.6 Å². The van der Waals surface area contributed by atoms with Gasteiger partial charge >= 0.3 is 6.18 Å². The van der Waals surface area contributed by atoms with Crippen LogP contribution in [0.25, 0.3) is 10.4 Å². The minimum absolute atomic E-state index is 0.0542. The van der Waals surface area contributed by atoms with Crippen LogP contribution >= 0.6 is 11.3 Å². The largest absolute Gasteiger partial charge is 0.417 e. The van der Waals surface area contributed by atoms with E-state index >= 15 is 0 Å². The smallest absolute Gasteiger partial charge is 0.388 e. The second kappa shape index (κ2) is 10.8. The highest BCUT2D eigenvalue weighted by Gasteiger charge is 2.38. The second-order valence-electron chi connectivity index (χ2n) is 11.6. The molecule has 2 aromatic heterocycles. The highest BCUT2D eigenvalue weighted by Crippen LogP contribution is 2.42. The average Bonchev–Trinajstić information content (AvgIpc) is 3.42. The summed E-state index contributed by atoms with van der Waals surface area (Å²) >= 11 is 0.703. The Hall–Kier alpha value is -2.73. The van der Waals surface area contributed by atoms with E-state index in [1.807, 2.05) is 27.7 Å². The fraction of sp³-hybridized carbons (Fsp3) is 0.615. The number of nitrogens with one attached hydrogen (secondary N) is 2. The lowest BCUT2D eigenvalue weighted by molar-refractivity contribution is -0.137. The van der Waals surface area contributed by atoms with E-state index < -0.39 is 35.2 Å². The van der Waals surface area contributed by atoms with Crippen LogP contribution in [0.5, 0.6) is 0 Å². The molecule has 0 radical (unpaired) electrons. The van der Waals surface area contributed by atoms with Crippen LogP contribution in [0.1, 0.15) is 87.2 Å². The van der Waals surface area contributed by atoms with Crippen molar-refractivity contribution in [2.75, 3.05) is 18.4 Å². The van der Waals surface area contributed by atoms with Crippen LogP contribution in [0.3, 0.4) is 0 Å². The molecule has 0 aromatic carbocycles. The van der Waals surface area contributed by atoms with Gasteiger partial charge in [0.2, 0.25) is 0 Å². The van der Waals surface area contributed by atoms with Crippen molar-refractivity contribution in [1.82, 2.24) is 20.2 Å².